The number of carbonyl (C=O) groups is 1. The molecule has 6 heteroatoms. The zero-order valence-electron chi connectivity index (χ0n) is 16.5. The number of methoxy groups -OCH3 is 2. The smallest absolute Gasteiger partial charge is 0.222 e. The van der Waals surface area contributed by atoms with Gasteiger partial charge in [-0.25, -0.2) is 4.39 Å². The molecule has 1 spiro atoms. The van der Waals surface area contributed by atoms with E-state index >= 15 is 0 Å². The first kappa shape index (κ1) is 20.1. The van der Waals surface area contributed by atoms with Crippen LogP contribution in [0.15, 0.2) is 18.2 Å². The highest BCUT2D eigenvalue weighted by Crippen LogP contribution is 2.40. The van der Waals surface area contributed by atoms with Gasteiger partial charge in [-0.1, -0.05) is 6.07 Å². The Hall–Kier alpha value is -1.66. The molecule has 2 aliphatic heterocycles. The minimum atomic E-state index is -0.305. The molecule has 3 rings (SSSR count). The van der Waals surface area contributed by atoms with Crippen molar-refractivity contribution in [2.45, 2.75) is 38.6 Å². The van der Waals surface area contributed by atoms with Gasteiger partial charge in [-0.05, 0) is 61.9 Å². The van der Waals surface area contributed by atoms with E-state index in [1.807, 2.05) is 11.0 Å². The number of likely N-dealkylation sites (tertiary alicyclic amines) is 2. The molecule has 0 aliphatic carbocycles. The molecule has 0 aromatic heterocycles. The SMILES string of the molecule is COCCCN1CC2(CCC1=O)CCN(Cc1ccc(OC)c(F)c1)CC2. The van der Waals surface area contributed by atoms with E-state index in [4.69, 9.17) is 9.47 Å². The summed E-state index contributed by atoms with van der Waals surface area (Å²) in [5.41, 5.74) is 1.23. The van der Waals surface area contributed by atoms with E-state index in [2.05, 4.69) is 4.90 Å². The predicted octanol–water partition coefficient (Wildman–Crippen LogP) is 3.08. The number of benzene rings is 1. The maximum absolute atomic E-state index is 13.9. The van der Waals surface area contributed by atoms with Gasteiger partial charge in [-0.3, -0.25) is 9.69 Å². The van der Waals surface area contributed by atoms with Gasteiger partial charge in [0.2, 0.25) is 5.91 Å². The first-order valence-electron chi connectivity index (χ1n) is 9.87. The monoisotopic (exact) mass is 378 g/mol. The molecule has 2 saturated heterocycles. The maximum atomic E-state index is 13.9. The molecule has 1 amide bonds. The van der Waals surface area contributed by atoms with Crippen molar-refractivity contribution >= 4 is 5.91 Å². The summed E-state index contributed by atoms with van der Waals surface area (Å²) in [5.74, 6) is 0.269. The largest absolute Gasteiger partial charge is 0.494 e. The van der Waals surface area contributed by atoms with Crippen LogP contribution in [-0.2, 0) is 16.1 Å². The lowest BCUT2D eigenvalue weighted by Gasteiger charge is -2.47. The molecular formula is C21H31FN2O3. The van der Waals surface area contributed by atoms with Crippen LogP contribution in [0.5, 0.6) is 5.75 Å². The summed E-state index contributed by atoms with van der Waals surface area (Å²) in [7, 11) is 3.18. The lowest BCUT2D eigenvalue weighted by molar-refractivity contribution is -0.139. The second-order valence-corrected chi connectivity index (χ2v) is 7.91. The predicted molar refractivity (Wildman–Crippen MR) is 102 cm³/mol. The summed E-state index contributed by atoms with van der Waals surface area (Å²) in [4.78, 5) is 16.7. The zero-order chi connectivity index (χ0) is 19.3. The van der Waals surface area contributed by atoms with Crippen LogP contribution in [0, 0.1) is 11.2 Å². The molecular weight excluding hydrogens is 347 g/mol. The summed E-state index contributed by atoms with van der Waals surface area (Å²) in [6, 6.07) is 5.20. The van der Waals surface area contributed by atoms with E-state index in [0.29, 0.717) is 13.0 Å². The zero-order valence-corrected chi connectivity index (χ0v) is 16.5. The molecule has 1 aromatic rings. The first-order valence-corrected chi connectivity index (χ1v) is 9.87. The van der Waals surface area contributed by atoms with Crippen LogP contribution in [0.1, 0.15) is 37.7 Å². The van der Waals surface area contributed by atoms with Crippen LogP contribution in [-0.4, -0.2) is 62.7 Å². The Morgan fingerprint density at radius 1 is 1.19 bits per heavy atom. The van der Waals surface area contributed by atoms with Crippen LogP contribution < -0.4 is 4.74 Å². The second kappa shape index (κ2) is 9.02. The summed E-state index contributed by atoms with van der Waals surface area (Å²) < 4.78 is 24.0. The molecule has 0 N–H and O–H groups in total. The molecule has 150 valence electrons. The highest BCUT2D eigenvalue weighted by Gasteiger charge is 2.40. The van der Waals surface area contributed by atoms with Crippen molar-refractivity contribution in [3.63, 3.8) is 0 Å². The highest BCUT2D eigenvalue weighted by atomic mass is 19.1. The molecule has 5 nitrogen and oxygen atoms in total. The van der Waals surface area contributed by atoms with Crippen molar-refractivity contribution < 1.29 is 18.7 Å². The number of nitrogens with zero attached hydrogens (tertiary/aromatic N) is 2. The van der Waals surface area contributed by atoms with Gasteiger partial charge in [0.05, 0.1) is 7.11 Å². The minimum absolute atomic E-state index is 0.253. The second-order valence-electron chi connectivity index (χ2n) is 7.91. The fourth-order valence-electron chi connectivity index (χ4n) is 4.37. The molecule has 0 radical (unpaired) electrons. The van der Waals surface area contributed by atoms with Crippen molar-refractivity contribution in [2.75, 3.05) is 47.0 Å². The standard InChI is InChI=1S/C21H31FN2O3/c1-26-13-3-10-24-16-21(7-6-20(24)25)8-11-23(12-9-21)15-17-4-5-19(27-2)18(22)14-17/h4-5,14H,3,6-13,15-16H2,1-2H3. The average molecular weight is 378 g/mol. The normalized spacial score (nSPS) is 20.3. The van der Waals surface area contributed by atoms with Gasteiger partial charge in [-0.2, -0.15) is 0 Å². The fourth-order valence-corrected chi connectivity index (χ4v) is 4.37. The van der Waals surface area contributed by atoms with Crippen LogP contribution in [0.2, 0.25) is 0 Å². The number of ether oxygens (including phenoxy) is 2. The lowest BCUT2D eigenvalue weighted by Crippen LogP contribution is -2.51. The van der Waals surface area contributed by atoms with Crippen molar-refractivity contribution in [3.8, 4) is 5.75 Å². The van der Waals surface area contributed by atoms with Crippen LogP contribution in [0.3, 0.4) is 0 Å². The molecule has 0 bridgehead atoms. The molecule has 0 atom stereocenters. The summed E-state index contributed by atoms with van der Waals surface area (Å²) in [6.45, 7) is 5.11. The van der Waals surface area contributed by atoms with Crippen LogP contribution in [0.4, 0.5) is 4.39 Å². The molecule has 2 fully saturated rings. The molecule has 2 aliphatic rings. The minimum Gasteiger partial charge on any atom is -0.494 e. The molecule has 0 unspecified atom stereocenters. The number of hydrogen-bond donors (Lipinski definition) is 0. The molecule has 0 saturated carbocycles. The fraction of sp³-hybridized carbons (Fsp3) is 0.667. The third-order valence-electron chi connectivity index (χ3n) is 6.06. The van der Waals surface area contributed by atoms with Gasteiger partial charge in [0.15, 0.2) is 11.6 Å². The number of piperidine rings is 2. The summed E-state index contributed by atoms with van der Waals surface area (Å²) in [5, 5.41) is 0. The Morgan fingerprint density at radius 3 is 2.63 bits per heavy atom. The van der Waals surface area contributed by atoms with E-state index in [0.717, 1.165) is 64.0 Å². The number of carbonyl (C=O) groups excluding carboxylic acids is 1. The van der Waals surface area contributed by atoms with Gasteiger partial charge in [-0.15, -0.1) is 0 Å². The van der Waals surface area contributed by atoms with Crippen molar-refractivity contribution in [3.05, 3.63) is 29.6 Å². The highest BCUT2D eigenvalue weighted by molar-refractivity contribution is 5.77. The molecule has 1 aromatic carbocycles. The molecule has 2 heterocycles. The maximum Gasteiger partial charge on any atom is 0.222 e. The van der Waals surface area contributed by atoms with Gasteiger partial charge < -0.3 is 14.4 Å². The van der Waals surface area contributed by atoms with Gasteiger partial charge in [0.25, 0.3) is 0 Å². The Bertz CT molecular complexity index is 644. The number of hydrogen-bond acceptors (Lipinski definition) is 4. The Kier molecular flexibility index (Phi) is 6.71. The Balaban J connectivity index is 1.53. The number of halogens is 1. The average Bonchev–Trinajstić information content (AvgIpc) is 2.67. The van der Waals surface area contributed by atoms with E-state index in [9.17, 15) is 9.18 Å². The van der Waals surface area contributed by atoms with E-state index in [1.165, 1.54) is 7.11 Å². The van der Waals surface area contributed by atoms with Crippen LogP contribution in [0.25, 0.3) is 0 Å². The number of rotatable bonds is 7. The molecule has 27 heavy (non-hydrogen) atoms. The van der Waals surface area contributed by atoms with Crippen molar-refractivity contribution in [2.24, 2.45) is 5.41 Å². The van der Waals surface area contributed by atoms with E-state index in [1.54, 1.807) is 19.2 Å². The van der Waals surface area contributed by atoms with Crippen LogP contribution >= 0.6 is 0 Å². The third kappa shape index (κ3) is 4.99. The van der Waals surface area contributed by atoms with Crippen molar-refractivity contribution in [1.29, 1.82) is 0 Å². The quantitative estimate of drug-likeness (QED) is 0.684. The lowest BCUT2D eigenvalue weighted by atomic mass is 9.72. The van der Waals surface area contributed by atoms with Gasteiger partial charge in [0.1, 0.15) is 0 Å². The Morgan fingerprint density at radius 2 is 1.96 bits per heavy atom. The van der Waals surface area contributed by atoms with Crippen molar-refractivity contribution in [1.82, 2.24) is 9.80 Å². The number of amides is 1. The third-order valence-corrected chi connectivity index (χ3v) is 6.06. The van der Waals surface area contributed by atoms with E-state index in [-0.39, 0.29) is 22.9 Å². The van der Waals surface area contributed by atoms with Gasteiger partial charge in [0, 0.05) is 39.8 Å². The summed E-state index contributed by atoms with van der Waals surface area (Å²) >= 11 is 0. The Labute approximate surface area is 161 Å². The van der Waals surface area contributed by atoms with Gasteiger partial charge >= 0.3 is 0 Å². The first-order chi connectivity index (χ1) is 13.0. The summed E-state index contributed by atoms with van der Waals surface area (Å²) in [6.07, 6.45) is 4.75. The topological polar surface area (TPSA) is 42.0 Å². The van der Waals surface area contributed by atoms with E-state index < -0.39 is 0 Å².